The van der Waals surface area contributed by atoms with Crippen molar-refractivity contribution in [3.8, 4) is 6.07 Å². The van der Waals surface area contributed by atoms with Crippen molar-refractivity contribution < 1.29 is 4.79 Å². The van der Waals surface area contributed by atoms with Crippen LogP contribution in [0, 0.1) is 17.2 Å². The molecule has 152 valence electrons. The Balaban J connectivity index is 1.64. The van der Waals surface area contributed by atoms with Crippen molar-refractivity contribution >= 4 is 39.7 Å². The van der Waals surface area contributed by atoms with Gasteiger partial charge < -0.3 is 11.1 Å². The van der Waals surface area contributed by atoms with Crippen molar-refractivity contribution in [3.05, 3.63) is 76.2 Å². The fourth-order valence-corrected chi connectivity index (χ4v) is 6.22. The highest BCUT2D eigenvalue weighted by atomic mass is 32.2. The number of nitriles is 1. The van der Waals surface area contributed by atoms with Gasteiger partial charge in [0.1, 0.15) is 16.3 Å². The first kappa shape index (κ1) is 20.5. The molecule has 1 aromatic heterocycles. The van der Waals surface area contributed by atoms with E-state index in [2.05, 4.69) is 18.3 Å². The quantitative estimate of drug-likeness (QED) is 0.394. The minimum Gasteiger partial charge on any atom is -0.399 e. The minimum atomic E-state index is -0.447. The summed E-state index contributed by atoms with van der Waals surface area (Å²) in [5.41, 5.74) is 9.26. The van der Waals surface area contributed by atoms with Gasteiger partial charge in [-0.25, -0.2) is 0 Å². The SMILES string of the molecule is CC1CCc2c(sc(NC(=O)C(Sc3cccc(N)c3)c3ccccc3)c2C#N)C1. The summed E-state index contributed by atoms with van der Waals surface area (Å²) in [6, 6.07) is 19.6. The summed E-state index contributed by atoms with van der Waals surface area (Å²) in [7, 11) is 0. The molecule has 3 aromatic rings. The van der Waals surface area contributed by atoms with Crippen LogP contribution >= 0.6 is 23.1 Å². The van der Waals surface area contributed by atoms with Gasteiger partial charge in [-0.3, -0.25) is 4.79 Å². The molecule has 4 rings (SSSR count). The lowest BCUT2D eigenvalue weighted by atomic mass is 9.88. The third-order valence-corrected chi connectivity index (χ3v) is 7.73. The number of anilines is 2. The maximum Gasteiger partial charge on any atom is 0.243 e. The maximum atomic E-state index is 13.4. The van der Waals surface area contributed by atoms with E-state index in [1.165, 1.54) is 16.6 Å². The molecule has 0 aliphatic heterocycles. The van der Waals surface area contributed by atoms with E-state index in [0.717, 1.165) is 35.3 Å². The second-order valence-electron chi connectivity index (χ2n) is 7.64. The van der Waals surface area contributed by atoms with E-state index in [1.807, 2.05) is 54.6 Å². The van der Waals surface area contributed by atoms with Gasteiger partial charge in [-0.05, 0) is 54.5 Å². The molecule has 2 atom stereocenters. The number of nitrogen functional groups attached to an aromatic ring is 1. The number of benzene rings is 2. The largest absolute Gasteiger partial charge is 0.399 e. The van der Waals surface area contributed by atoms with Gasteiger partial charge >= 0.3 is 0 Å². The third-order valence-electron chi connectivity index (χ3n) is 5.31. The van der Waals surface area contributed by atoms with E-state index in [1.54, 1.807) is 11.3 Å². The van der Waals surface area contributed by atoms with Gasteiger partial charge in [0.2, 0.25) is 5.91 Å². The van der Waals surface area contributed by atoms with Crippen LogP contribution in [0.3, 0.4) is 0 Å². The first-order chi connectivity index (χ1) is 14.5. The van der Waals surface area contributed by atoms with E-state index in [9.17, 15) is 10.1 Å². The zero-order valence-corrected chi connectivity index (χ0v) is 18.4. The van der Waals surface area contributed by atoms with Crippen LogP contribution in [0.2, 0.25) is 0 Å². The molecule has 3 N–H and O–H groups in total. The summed E-state index contributed by atoms with van der Waals surface area (Å²) >= 11 is 3.02. The van der Waals surface area contributed by atoms with Gasteiger partial charge in [0.05, 0.1) is 5.56 Å². The Labute approximate surface area is 185 Å². The van der Waals surface area contributed by atoms with Crippen LogP contribution in [-0.4, -0.2) is 5.91 Å². The molecule has 0 saturated heterocycles. The van der Waals surface area contributed by atoms with Crippen molar-refractivity contribution in [2.24, 2.45) is 5.92 Å². The number of nitrogens with two attached hydrogens (primary N) is 1. The molecular formula is C24H23N3OS2. The van der Waals surface area contributed by atoms with Gasteiger partial charge in [0.25, 0.3) is 0 Å². The molecular weight excluding hydrogens is 410 g/mol. The van der Waals surface area contributed by atoms with Crippen molar-refractivity contribution in [2.45, 2.75) is 36.3 Å². The van der Waals surface area contributed by atoms with Crippen LogP contribution in [-0.2, 0) is 17.6 Å². The lowest BCUT2D eigenvalue weighted by Gasteiger charge is -2.17. The van der Waals surface area contributed by atoms with Crippen molar-refractivity contribution in [1.29, 1.82) is 5.26 Å². The molecule has 1 aliphatic carbocycles. The van der Waals surface area contributed by atoms with Gasteiger partial charge in [-0.2, -0.15) is 5.26 Å². The Morgan fingerprint density at radius 1 is 1.27 bits per heavy atom. The molecule has 4 nitrogen and oxygen atoms in total. The van der Waals surface area contributed by atoms with Crippen LogP contribution in [0.4, 0.5) is 10.7 Å². The first-order valence-electron chi connectivity index (χ1n) is 9.97. The number of nitrogens with one attached hydrogen (secondary N) is 1. The van der Waals surface area contributed by atoms with Crippen molar-refractivity contribution in [3.63, 3.8) is 0 Å². The molecule has 30 heavy (non-hydrogen) atoms. The number of thiophene rings is 1. The summed E-state index contributed by atoms with van der Waals surface area (Å²) in [6.45, 7) is 2.24. The van der Waals surface area contributed by atoms with E-state index in [-0.39, 0.29) is 5.91 Å². The number of carbonyl (C=O) groups excluding carboxylic acids is 1. The summed E-state index contributed by atoms with van der Waals surface area (Å²) in [5, 5.41) is 13.1. The van der Waals surface area contributed by atoms with E-state index in [0.29, 0.717) is 22.2 Å². The number of hydrogen-bond acceptors (Lipinski definition) is 5. The normalized spacial score (nSPS) is 16.3. The molecule has 0 radical (unpaired) electrons. The molecule has 0 fully saturated rings. The second kappa shape index (κ2) is 8.95. The standard InChI is InChI=1S/C24H23N3OS2/c1-15-10-11-19-20(14-25)24(30-21(19)12-15)27-23(28)22(16-6-3-2-4-7-16)29-18-9-5-8-17(26)13-18/h2-9,13,15,22H,10-12,26H2,1H3,(H,27,28). The van der Waals surface area contributed by atoms with E-state index in [4.69, 9.17) is 5.73 Å². The molecule has 1 heterocycles. The Morgan fingerprint density at radius 2 is 2.07 bits per heavy atom. The molecule has 0 bridgehead atoms. The smallest absolute Gasteiger partial charge is 0.243 e. The van der Waals surface area contributed by atoms with Gasteiger partial charge in [0, 0.05) is 15.5 Å². The molecule has 2 aromatic carbocycles. The van der Waals surface area contributed by atoms with Crippen LogP contribution in [0.5, 0.6) is 0 Å². The molecule has 0 spiro atoms. The summed E-state index contributed by atoms with van der Waals surface area (Å²) in [6.07, 6.45) is 2.97. The zero-order valence-electron chi connectivity index (χ0n) is 16.7. The monoisotopic (exact) mass is 433 g/mol. The predicted molar refractivity (Wildman–Crippen MR) is 125 cm³/mol. The number of carbonyl (C=O) groups is 1. The molecule has 1 amide bonds. The average molecular weight is 434 g/mol. The van der Waals surface area contributed by atoms with Crippen LogP contribution < -0.4 is 11.1 Å². The topological polar surface area (TPSA) is 78.9 Å². The highest BCUT2D eigenvalue weighted by molar-refractivity contribution is 8.00. The average Bonchev–Trinajstić information content (AvgIpc) is 3.08. The van der Waals surface area contributed by atoms with E-state index >= 15 is 0 Å². The summed E-state index contributed by atoms with van der Waals surface area (Å²) in [4.78, 5) is 15.5. The number of rotatable bonds is 5. The van der Waals surface area contributed by atoms with Crippen LogP contribution in [0.25, 0.3) is 0 Å². The fourth-order valence-electron chi connectivity index (χ4n) is 3.76. The number of fused-ring (bicyclic) bond motifs is 1. The Hall–Kier alpha value is -2.75. The number of nitrogens with zero attached hydrogens (tertiary/aromatic N) is 1. The Bertz CT molecular complexity index is 1100. The number of hydrogen-bond donors (Lipinski definition) is 2. The highest BCUT2D eigenvalue weighted by Gasteiger charge is 2.27. The third kappa shape index (κ3) is 4.38. The Kier molecular flexibility index (Phi) is 6.12. The lowest BCUT2D eigenvalue weighted by Crippen LogP contribution is -2.19. The highest BCUT2D eigenvalue weighted by Crippen LogP contribution is 2.41. The van der Waals surface area contributed by atoms with Crippen LogP contribution in [0.15, 0.2) is 59.5 Å². The zero-order chi connectivity index (χ0) is 21.1. The Morgan fingerprint density at radius 3 is 2.80 bits per heavy atom. The maximum absolute atomic E-state index is 13.4. The van der Waals surface area contributed by atoms with Gasteiger partial charge in [-0.1, -0.05) is 43.3 Å². The first-order valence-corrected chi connectivity index (χ1v) is 11.7. The number of amides is 1. The fraction of sp³-hybridized carbons (Fsp3) is 0.250. The van der Waals surface area contributed by atoms with Crippen LogP contribution in [0.1, 0.15) is 40.2 Å². The van der Waals surface area contributed by atoms with Crippen molar-refractivity contribution in [2.75, 3.05) is 11.1 Å². The van der Waals surface area contributed by atoms with Gasteiger partial charge in [0.15, 0.2) is 0 Å². The van der Waals surface area contributed by atoms with Crippen molar-refractivity contribution in [1.82, 2.24) is 0 Å². The number of thioether (sulfide) groups is 1. The predicted octanol–water partition coefficient (Wildman–Crippen LogP) is 5.80. The lowest BCUT2D eigenvalue weighted by molar-refractivity contribution is -0.115. The molecule has 0 saturated carbocycles. The summed E-state index contributed by atoms with van der Waals surface area (Å²) in [5.74, 6) is 0.485. The second-order valence-corrected chi connectivity index (χ2v) is 9.92. The van der Waals surface area contributed by atoms with Gasteiger partial charge in [-0.15, -0.1) is 23.1 Å². The minimum absolute atomic E-state index is 0.128. The molecule has 6 heteroatoms. The molecule has 1 aliphatic rings. The molecule has 2 unspecified atom stereocenters. The van der Waals surface area contributed by atoms with E-state index < -0.39 is 5.25 Å². The summed E-state index contributed by atoms with van der Waals surface area (Å²) < 4.78 is 0.